The fraction of sp³-hybridized carbons (Fsp3) is 0.923. The van der Waals surface area contributed by atoms with E-state index in [1.54, 1.807) is 0 Å². The number of hydrogen-bond donors (Lipinski definition) is 2. The Hall–Kier alpha value is -0.610. The van der Waals surface area contributed by atoms with E-state index < -0.39 is 0 Å². The lowest BCUT2D eigenvalue weighted by Gasteiger charge is -2.29. The van der Waals surface area contributed by atoms with E-state index in [0.717, 1.165) is 13.1 Å². The average molecular weight is 241 g/mol. The van der Waals surface area contributed by atoms with Gasteiger partial charge < -0.3 is 16.0 Å². The summed E-state index contributed by atoms with van der Waals surface area (Å²) in [5.74, 6) is 0.525. The third kappa shape index (κ3) is 5.50. The predicted molar refractivity (Wildman–Crippen MR) is 70.7 cm³/mol. The number of hydrogen-bond acceptors (Lipinski definition) is 3. The molecule has 0 spiro atoms. The lowest BCUT2D eigenvalue weighted by molar-refractivity contribution is -0.124. The highest BCUT2D eigenvalue weighted by molar-refractivity contribution is 5.78. The SMILES string of the molecule is CC(CNC(=O)C(C)CN)CN1CCCCC1. The zero-order valence-corrected chi connectivity index (χ0v) is 11.2. The van der Waals surface area contributed by atoms with Crippen LogP contribution in [0.3, 0.4) is 0 Å². The number of nitrogens with one attached hydrogen (secondary N) is 1. The molecule has 0 aromatic heterocycles. The van der Waals surface area contributed by atoms with E-state index in [1.807, 2.05) is 6.92 Å². The van der Waals surface area contributed by atoms with Gasteiger partial charge in [0.05, 0.1) is 0 Å². The van der Waals surface area contributed by atoms with Crippen LogP contribution in [0.5, 0.6) is 0 Å². The first-order valence-corrected chi connectivity index (χ1v) is 6.83. The number of carbonyl (C=O) groups excluding carboxylic acids is 1. The lowest BCUT2D eigenvalue weighted by atomic mass is 10.1. The third-order valence-corrected chi connectivity index (χ3v) is 3.44. The molecule has 0 saturated carbocycles. The molecular formula is C13H27N3O. The number of carbonyl (C=O) groups is 1. The first-order chi connectivity index (χ1) is 8.13. The molecule has 3 N–H and O–H groups in total. The van der Waals surface area contributed by atoms with Crippen LogP contribution in [-0.4, -0.2) is 43.5 Å². The van der Waals surface area contributed by atoms with Crippen LogP contribution in [0, 0.1) is 11.8 Å². The summed E-state index contributed by atoms with van der Waals surface area (Å²) in [6.07, 6.45) is 4.02. The third-order valence-electron chi connectivity index (χ3n) is 3.44. The van der Waals surface area contributed by atoms with E-state index in [0.29, 0.717) is 12.5 Å². The summed E-state index contributed by atoms with van der Waals surface area (Å²) >= 11 is 0. The Morgan fingerprint density at radius 3 is 2.53 bits per heavy atom. The summed E-state index contributed by atoms with van der Waals surface area (Å²) in [5, 5.41) is 2.98. The normalized spacial score (nSPS) is 20.9. The van der Waals surface area contributed by atoms with Gasteiger partial charge in [-0.15, -0.1) is 0 Å². The van der Waals surface area contributed by atoms with Gasteiger partial charge in [0.2, 0.25) is 5.91 Å². The van der Waals surface area contributed by atoms with Crippen molar-refractivity contribution in [3.63, 3.8) is 0 Å². The molecule has 1 saturated heterocycles. The summed E-state index contributed by atoms with van der Waals surface area (Å²) in [6, 6.07) is 0. The van der Waals surface area contributed by atoms with Crippen molar-refractivity contribution in [3.05, 3.63) is 0 Å². The highest BCUT2D eigenvalue weighted by atomic mass is 16.1. The molecule has 2 unspecified atom stereocenters. The van der Waals surface area contributed by atoms with Crippen LogP contribution in [0.15, 0.2) is 0 Å². The minimum Gasteiger partial charge on any atom is -0.356 e. The van der Waals surface area contributed by atoms with Crippen molar-refractivity contribution in [1.29, 1.82) is 0 Å². The second-order valence-electron chi connectivity index (χ2n) is 5.35. The molecule has 0 aromatic rings. The van der Waals surface area contributed by atoms with Crippen LogP contribution < -0.4 is 11.1 Å². The standard InChI is InChI=1S/C13H27N3O/c1-11(9-15-13(17)12(2)8-14)10-16-6-4-3-5-7-16/h11-12H,3-10,14H2,1-2H3,(H,15,17). The van der Waals surface area contributed by atoms with E-state index in [2.05, 4.69) is 17.1 Å². The molecule has 100 valence electrons. The summed E-state index contributed by atoms with van der Waals surface area (Å²) in [5.41, 5.74) is 5.46. The van der Waals surface area contributed by atoms with Crippen molar-refractivity contribution in [2.75, 3.05) is 32.7 Å². The Kier molecular flexibility index (Phi) is 6.52. The fourth-order valence-electron chi connectivity index (χ4n) is 2.20. The van der Waals surface area contributed by atoms with Crippen molar-refractivity contribution in [2.45, 2.75) is 33.1 Å². The molecule has 1 fully saturated rings. The number of nitrogens with zero attached hydrogens (tertiary/aromatic N) is 1. The van der Waals surface area contributed by atoms with Gasteiger partial charge in [0.25, 0.3) is 0 Å². The van der Waals surface area contributed by atoms with Crippen LogP contribution in [0.4, 0.5) is 0 Å². The van der Waals surface area contributed by atoms with E-state index in [9.17, 15) is 4.79 Å². The van der Waals surface area contributed by atoms with Crippen molar-refractivity contribution in [1.82, 2.24) is 10.2 Å². The largest absolute Gasteiger partial charge is 0.356 e. The van der Waals surface area contributed by atoms with Crippen LogP contribution in [0.25, 0.3) is 0 Å². The first-order valence-electron chi connectivity index (χ1n) is 6.83. The van der Waals surface area contributed by atoms with E-state index >= 15 is 0 Å². The van der Waals surface area contributed by atoms with Crippen molar-refractivity contribution >= 4 is 5.91 Å². The van der Waals surface area contributed by atoms with Crippen LogP contribution in [0.2, 0.25) is 0 Å². The van der Waals surface area contributed by atoms with Gasteiger partial charge in [0.1, 0.15) is 0 Å². The molecule has 4 nitrogen and oxygen atoms in total. The minimum atomic E-state index is -0.0720. The average Bonchev–Trinajstić information content (AvgIpc) is 2.36. The van der Waals surface area contributed by atoms with E-state index in [-0.39, 0.29) is 11.8 Å². The second-order valence-corrected chi connectivity index (χ2v) is 5.35. The highest BCUT2D eigenvalue weighted by Crippen LogP contribution is 2.10. The molecule has 17 heavy (non-hydrogen) atoms. The monoisotopic (exact) mass is 241 g/mol. The summed E-state index contributed by atoms with van der Waals surface area (Å²) < 4.78 is 0. The first kappa shape index (κ1) is 14.5. The summed E-state index contributed by atoms with van der Waals surface area (Å²) in [6.45, 7) is 8.78. The molecule has 2 atom stereocenters. The van der Waals surface area contributed by atoms with Gasteiger partial charge in [-0.2, -0.15) is 0 Å². The molecule has 1 aliphatic heterocycles. The zero-order valence-electron chi connectivity index (χ0n) is 11.2. The van der Waals surface area contributed by atoms with Crippen LogP contribution >= 0.6 is 0 Å². The van der Waals surface area contributed by atoms with Gasteiger partial charge in [0.15, 0.2) is 0 Å². The number of amides is 1. The topological polar surface area (TPSA) is 58.4 Å². The van der Waals surface area contributed by atoms with E-state index in [4.69, 9.17) is 5.73 Å². The minimum absolute atomic E-state index is 0.0720. The molecule has 0 aromatic carbocycles. The van der Waals surface area contributed by atoms with Crippen LogP contribution in [0.1, 0.15) is 33.1 Å². The Morgan fingerprint density at radius 1 is 1.29 bits per heavy atom. The molecule has 1 heterocycles. The quantitative estimate of drug-likeness (QED) is 0.724. The molecule has 1 rings (SSSR count). The maximum Gasteiger partial charge on any atom is 0.224 e. The Morgan fingerprint density at radius 2 is 1.94 bits per heavy atom. The maximum absolute atomic E-state index is 11.6. The van der Waals surface area contributed by atoms with Crippen molar-refractivity contribution in [2.24, 2.45) is 17.6 Å². The zero-order chi connectivity index (χ0) is 12.7. The number of rotatable bonds is 6. The highest BCUT2D eigenvalue weighted by Gasteiger charge is 2.15. The smallest absolute Gasteiger partial charge is 0.224 e. The summed E-state index contributed by atoms with van der Waals surface area (Å²) in [4.78, 5) is 14.1. The van der Waals surface area contributed by atoms with Crippen molar-refractivity contribution < 1.29 is 4.79 Å². The summed E-state index contributed by atoms with van der Waals surface area (Å²) in [7, 11) is 0. The molecule has 0 bridgehead atoms. The van der Waals surface area contributed by atoms with Gasteiger partial charge in [-0.05, 0) is 31.8 Å². The van der Waals surface area contributed by atoms with Crippen molar-refractivity contribution in [3.8, 4) is 0 Å². The van der Waals surface area contributed by atoms with Crippen LogP contribution in [-0.2, 0) is 4.79 Å². The maximum atomic E-state index is 11.6. The Labute approximate surface area is 105 Å². The van der Waals surface area contributed by atoms with Gasteiger partial charge >= 0.3 is 0 Å². The molecule has 4 heteroatoms. The fourth-order valence-corrected chi connectivity index (χ4v) is 2.20. The number of likely N-dealkylation sites (tertiary alicyclic amines) is 1. The van der Waals surface area contributed by atoms with Gasteiger partial charge in [-0.25, -0.2) is 0 Å². The number of piperidine rings is 1. The molecule has 0 aliphatic carbocycles. The van der Waals surface area contributed by atoms with Gasteiger partial charge in [0, 0.05) is 25.6 Å². The molecule has 1 aliphatic rings. The molecule has 1 amide bonds. The predicted octanol–water partition coefficient (Wildman–Crippen LogP) is 0.819. The van der Waals surface area contributed by atoms with E-state index in [1.165, 1.54) is 32.4 Å². The Balaban J connectivity index is 2.15. The molecule has 0 radical (unpaired) electrons. The van der Waals surface area contributed by atoms with Gasteiger partial charge in [-0.1, -0.05) is 20.3 Å². The molecular weight excluding hydrogens is 214 g/mol. The second kappa shape index (κ2) is 7.67. The number of nitrogens with two attached hydrogens (primary N) is 1. The van der Waals surface area contributed by atoms with Gasteiger partial charge in [-0.3, -0.25) is 4.79 Å². The lowest BCUT2D eigenvalue weighted by Crippen LogP contribution is -2.40. The Bertz CT molecular complexity index is 227.